The van der Waals surface area contributed by atoms with Crippen molar-refractivity contribution in [3.63, 3.8) is 0 Å². The van der Waals surface area contributed by atoms with E-state index in [1.54, 1.807) is 0 Å². The number of amidine groups is 2. The molecule has 0 aromatic carbocycles. The monoisotopic (exact) mass is 112 g/mol. The molecule has 0 aromatic heterocycles. The number of nitrogens with zero attached hydrogens (tertiary/aromatic N) is 1. The number of hydrogen-bond acceptors (Lipinski definition) is 3. The van der Waals surface area contributed by atoms with Gasteiger partial charge in [-0.05, 0) is 0 Å². The van der Waals surface area contributed by atoms with Crippen molar-refractivity contribution in [2.24, 2.45) is 10.7 Å². The van der Waals surface area contributed by atoms with Gasteiger partial charge in [0.25, 0.3) is 0 Å². The summed E-state index contributed by atoms with van der Waals surface area (Å²) in [6.45, 7) is 1.42. The molecule has 1 rings (SSSR count). The van der Waals surface area contributed by atoms with Crippen LogP contribution in [0.4, 0.5) is 0 Å². The van der Waals surface area contributed by atoms with E-state index in [-0.39, 0.29) is 5.84 Å². The first-order chi connectivity index (χ1) is 3.80. The summed E-state index contributed by atoms with van der Waals surface area (Å²) in [4.78, 5) is 3.82. The highest BCUT2D eigenvalue weighted by Gasteiger charge is 2.04. The van der Waals surface area contributed by atoms with Gasteiger partial charge in [-0.2, -0.15) is 0 Å². The highest BCUT2D eigenvalue weighted by Crippen LogP contribution is 1.79. The number of rotatable bonds is 0. The van der Waals surface area contributed by atoms with Crippen LogP contribution in [0.5, 0.6) is 0 Å². The molecule has 0 spiro atoms. The van der Waals surface area contributed by atoms with Crippen LogP contribution in [-0.4, -0.2) is 24.8 Å². The average Bonchev–Trinajstić information content (AvgIpc) is 1.77. The Hall–Kier alpha value is -1.06. The first-order valence-corrected chi connectivity index (χ1v) is 2.43. The molecule has 0 aromatic rings. The van der Waals surface area contributed by atoms with Gasteiger partial charge in [0.15, 0.2) is 11.7 Å². The maximum atomic E-state index is 7.03. The SMILES string of the molecule is N=C1NCCN=C1N. The maximum absolute atomic E-state index is 7.03. The molecule has 0 saturated carbocycles. The quantitative estimate of drug-likeness (QED) is 0.373. The lowest BCUT2D eigenvalue weighted by atomic mass is 10.4. The summed E-state index contributed by atoms with van der Waals surface area (Å²) in [5, 5.41) is 9.79. The molecule has 1 heterocycles. The van der Waals surface area contributed by atoms with Crippen LogP contribution >= 0.6 is 0 Å². The van der Waals surface area contributed by atoms with E-state index in [1.807, 2.05) is 0 Å². The largest absolute Gasteiger partial charge is 0.381 e. The van der Waals surface area contributed by atoms with Gasteiger partial charge in [0.05, 0.1) is 6.54 Å². The van der Waals surface area contributed by atoms with Crippen LogP contribution in [0.25, 0.3) is 0 Å². The Kier molecular flexibility index (Phi) is 1.15. The van der Waals surface area contributed by atoms with E-state index in [4.69, 9.17) is 11.1 Å². The number of nitrogens with two attached hydrogens (primary N) is 1. The molecule has 0 unspecified atom stereocenters. The molecule has 1 aliphatic heterocycles. The maximum Gasteiger partial charge on any atom is 0.161 e. The van der Waals surface area contributed by atoms with Crippen LogP contribution in [0.2, 0.25) is 0 Å². The van der Waals surface area contributed by atoms with Crippen LogP contribution in [0.15, 0.2) is 4.99 Å². The van der Waals surface area contributed by atoms with E-state index in [0.29, 0.717) is 12.4 Å². The summed E-state index contributed by atoms with van der Waals surface area (Å²) in [6, 6.07) is 0. The summed E-state index contributed by atoms with van der Waals surface area (Å²) in [7, 11) is 0. The van der Waals surface area contributed by atoms with Crippen molar-refractivity contribution in [1.29, 1.82) is 5.41 Å². The third-order valence-electron chi connectivity index (χ3n) is 0.952. The van der Waals surface area contributed by atoms with Gasteiger partial charge >= 0.3 is 0 Å². The fourth-order valence-electron chi connectivity index (χ4n) is 0.527. The molecule has 8 heavy (non-hydrogen) atoms. The van der Waals surface area contributed by atoms with Crippen LogP contribution in [0.3, 0.4) is 0 Å². The average molecular weight is 112 g/mol. The second-order valence-electron chi connectivity index (χ2n) is 1.57. The van der Waals surface area contributed by atoms with Crippen LogP contribution in [0.1, 0.15) is 0 Å². The Morgan fingerprint density at radius 2 is 2.50 bits per heavy atom. The van der Waals surface area contributed by atoms with E-state index < -0.39 is 0 Å². The molecule has 4 heteroatoms. The molecule has 1 aliphatic rings. The molecule has 0 saturated heterocycles. The molecule has 4 N–H and O–H groups in total. The van der Waals surface area contributed by atoms with Crippen molar-refractivity contribution in [1.82, 2.24) is 5.32 Å². The third kappa shape index (κ3) is 0.776. The number of nitrogens with one attached hydrogen (secondary N) is 2. The van der Waals surface area contributed by atoms with Crippen molar-refractivity contribution in [2.45, 2.75) is 0 Å². The highest BCUT2D eigenvalue weighted by molar-refractivity contribution is 6.38. The van der Waals surface area contributed by atoms with E-state index in [9.17, 15) is 0 Å². The van der Waals surface area contributed by atoms with E-state index in [1.165, 1.54) is 0 Å². The summed E-state index contributed by atoms with van der Waals surface area (Å²) in [6.07, 6.45) is 0. The normalized spacial score (nSPS) is 19.5. The molecular weight excluding hydrogens is 104 g/mol. The first-order valence-electron chi connectivity index (χ1n) is 2.43. The van der Waals surface area contributed by atoms with Crippen molar-refractivity contribution in [3.05, 3.63) is 0 Å². The van der Waals surface area contributed by atoms with E-state index in [2.05, 4.69) is 10.3 Å². The second-order valence-corrected chi connectivity index (χ2v) is 1.57. The Labute approximate surface area is 47.3 Å². The van der Waals surface area contributed by atoms with Crippen LogP contribution in [0, 0.1) is 5.41 Å². The minimum atomic E-state index is 0.247. The zero-order valence-electron chi connectivity index (χ0n) is 4.44. The molecule has 0 atom stereocenters. The van der Waals surface area contributed by atoms with Crippen LogP contribution in [-0.2, 0) is 0 Å². The lowest BCUT2D eigenvalue weighted by Gasteiger charge is -2.10. The zero-order valence-corrected chi connectivity index (χ0v) is 4.44. The molecule has 4 nitrogen and oxygen atoms in total. The minimum absolute atomic E-state index is 0.247. The van der Waals surface area contributed by atoms with Crippen LogP contribution < -0.4 is 11.1 Å². The summed E-state index contributed by atoms with van der Waals surface area (Å²) in [5.41, 5.74) is 5.24. The van der Waals surface area contributed by atoms with Gasteiger partial charge in [-0.3, -0.25) is 10.4 Å². The molecular formula is C4H8N4. The molecule has 0 amide bonds. The summed E-state index contributed by atoms with van der Waals surface area (Å²) in [5.74, 6) is 0.563. The summed E-state index contributed by atoms with van der Waals surface area (Å²) < 4.78 is 0. The van der Waals surface area contributed by atoms with Crippen molar-refractivity contribution >= 4 is 11.7 Å². The van der Waals surface area contributed by atoms with Gasteiger partial charge in [0.2, 0.25) is 0 Å². The van der Waals surface area contributed by atoms with Gasteiger partial charge < -0.3 is 11.1 Å². The molecule has 0 fully saturated rings. The Morgan fingerprint density at radius 1 is 1.75 bits per heavy atom. The van der Waals surface area contributed by atoms with Gasteiger partial charge in [0.1, 0.15) is 0 Å². The standard InChI is InChI=1S/C4H8N4/c5-3-4(6)8-2-1-7-3/h1-2H2,(H2,5,7)(H2,6,8). The van der Waals surface area contributed by atoms with Gasteiger partial charge in [0, 0.05) is 6.54 Å². The Morgan fingerprint density at radius 3 is 2.88 bits per heavy atom. The van der Waals surface area contributed by atoms with Gasteiger partial charge in [-0.1, -0.05) is 0 Å². The van der Waals surface area contributed by atoms with E-state index >= 15 is 0 Å². The van der Waals surface area contributed by atoms with Crippen molar-refractivity contribution < 1.29 is 0 Å². The predicted molar refractivity (Wildman–Crippen MR) is 32.2 cm³/mol. The van der Waals surface area contributed by atoms with Crippen molar-refractivity contribution in [3.8, 4) is 0 Å². The fraction of sp³-hybridized carbons (Fsp3) is 0.500. The smallest absolute Gasteiger partial charge is 0.161 e. The Bertz CT molecular complexity index is 137. The molecule has 0 bridgehead atoms. The Balaban J connectivity index is 2.67. The number of aliphatic imine (C=N–C) groups is 1. The third-order valence-corrected chi connectivity index (χ3v) is 0.952. The first kappa shape index (κ1) is 5.08. The highest BCUT2D eigenvalue weighted by atomic mass is 15.1. The summed E-state index contributed by atoms with van der Waals surface area (Å²) >= 11 is 0. The second kappa shape index (κ2) is 1.81. The fourth-order valence-corrected chi connectivity index (χ4v) is 0.527. The minimum Gasteiger partial charge on any atom is -0.381 e. The van der Waals surface area contributed by atoms with Gasteiger partial charge in [-0.25, -0.2) is 0 Å². The number of hydrogen-bond donors (Lipinski definition) is 3. The molecule has 0 radical (unpaired) electrons. The van der Waals surface area contributed by atoms with Crippen molar-refractivity contribution in [2.75, 3.05) is 13.1 Å². The molecule has 0 aliphatic carbocycles. The predicted octanol–water partition coefficient (Wildman–Crippen LogP) is -1.08. The zero-order chi connectivity index (χ0) is 5.98. The lowest BCUT2D eigenvalue weighted by Crippen LogP contribution is -2.41. The topological polar surface area (TPSA) is 74.3 Å². The molecule has 44 valence electrons. The lowest BCUT2D eigenvalue weighted by molar-refractivity contribution is 0.855. The van der Waals surface area contributed by atoms with Gasteiger partial charge in [-0.15, -0.1) is 0 Å². The van der Waals surface area contributed by atoms with E-state index in [0.717, 1.165) is 6.54 Å².